The smallest absolute Gasteiger partial charge is 0.0747 e. The minimum Gasteiger partial charge on any atom is -0.389 e. The molecule has 2 heteroatoms. The highest BCUT2D eigenvalue weighted by molar-refractivity contribution is 7.99. The fourth-order valence-corrected chi connectivity index (χ4v) is 2.70. The van der Waals surface area contributed by atoms with Gasteiger partial charge in [-0.25, -0.2) is 0 Å². The molecule has 1 nitrogen and oxygen atoms in total. The summed E-state index contributed by atoms with van der Waals surface area (Å²) >= 11 is 2.03. The molecule has 70 valence electrons. The van der Waals surface area contributed by atoms with Gasteiger partial charge in [0.15, 0.2) is 0 Å². The summed E-state index contributed by atoms with van der Waals surface area (Å²) in [5, 5.41) is 9.57. The highest BCUT2D eigenvalue weighted by Crippen LogP contribution is 2.27. The van der Waals surface area contributed by atoms with Gasteiger partial charge in [-0.2, -0.15) is 11.8 Å². The van der Waals surface area contributed by atoms with E-state index in [1.54, 1.807) is 0 Å². The fourth-order valence-electron chi connectivity index (χ4n) is 1.50. The minimum absolute atomic E-state index is 0.266. The van der Waals surface area contributed by atoms with Crippen molar-refractivity contribution < 1.29 is 5.11 Å². The molecule has 0 aromatic heterocycles. The first-order chi connectivity index (χ1) is 5.70. The van der Waals surface area contributed by atoms with Crippen molar-refractivity contribution in [3.8, 4) is 0 Å². The van der Waals surface area contributed by atoms with Crippen molar-refractivity contribution >= 4 is 11.8 Å². The molecule has 0 aliphatic carbocycles. The van der Waals surface area contributed by atoms with Gasteiger partial charge in [0.1, 0.15) is 0 Å². The van der Waals surface area contributed by atoms with Crippen LogP contribution in [0.2, 0.25) is 0 Å². The van der Waals surface area contributed by atoms with Crippen LogP contribution in [0, 0.1) is 5.92 Å². The summed E-state index contributed by atoms with van der Waals surface area (Å²) in [7, 11) is 0. The zero-order valence-electron chi connectivity index (χ0n) is 7.75. The molecule has 0 spiro atoms. The first-order valence-corrected chi connectivity index (χ1v) is 5.77. The van der Waals surface area contributed by atoms with Crippen molar-refractivity contribution in [3.63, 3.8) is 0 Å². The highest BCUT2D eigenvalue weighted by atomic mass is 32.2. The van der Waals surface area contributed by atoms with Crippen LogP contribution < -0.4 is 0 Å². The lowest BCUT2D eigenvalue weighted by atomic mass is 9.93. The van der Waals surface area contributed by atoms with Crippen LogP contribution in [0.15, 0.2) is 12.2 Å². The van der Waals surface area contributed by atoms with E-state index in [0.29, 0.717) is 0 Å². The third-order valence-electron chi connectivity index (χ3n) is 2.47. The average Bonchev–Trinajstić information content (AvgIpc) is 2.06. The second kappa shape index (κ2) is 4.93. The maximum absolute atomic E-state index is 9.57. The topological polar surface area (TPSA) is 20.2 Å². The number of hydrogen-bond acceptors (Lipinski definition) is 2. The Morgan fingerprint density at radius 1 is 1.58 bits per heavy atom. The van der Waals surface area contributed by atoms with Gasteiger partial charge in [0.25, 0.3) is 0 Å². The lowest BCUT2D eigenvalue weighted by molar-refractivity contribution is 0.172. The van der Waals surface area contributed by atoms with Crippen LogP contribution in [0.4, 0.5) is 0 Å². The number of aliphatic hydroxyl groups is 1. The van der Waals surface area contributed by atoms with Gasteiger partial charge < -0.3 is 5.11 Å². The molecule has 0 aromatic rings. The van der Waals surface area contributed by atoms with E-state index in [4.69, 9.17) is 0 Å². The van der Waals surface area contributed by atoms with Gasteiger partial charge in [0, 0.05) is 0 Å². The van der Waals surface area contributed by atoms with Crippen molar-refractivity contribution in [2.24, 2.45) is 5.92 Å². The van der Waals surface area contributed by atoms with Gasteiger partial charge in [-0.3, -0.25) is 0 Å². The standard InChI is InChI=1S/C10H18OS/c1-8(2)10(11)7-9-3-5-12-6-4-9/h9-11H,1,3-7H2,2H3. The Labute approximate surface area is 79.2 Å². The first-order valence-electron chi connectivity index (χ1n) is 4.61. The Hall–Kier alpha value is 0.0500. The molecule has 1 atom stereocenters. The van der Waals surface area contributed by atoms with Crippen LogP contribution in [-0.2, 0) is 0 Å². The maximum atomic E-state index is 9.57. The molecule has 1 saturated heterocycles. The molecule has 1 fully saturated rings. The van der Waals surface area contributed by atoms with Gasteiger partial charge in [0.05, 0.1) is 6.10 Å². The van der Waals surface area contributed by atoms with E-state index in [-0.39, 0.29) is 6.10 Å². The number of rotatable bonds is 3. The number of thioether (sulfide) groups is 1. The molecule has 1 unspecified atom stereocenters. The van der Waals surface area contributed by atoms with Crippen molar-refractivity contribution in [3.05, 3.63) is 12.2 Å². The normalized spacial score (nSPS) is 22.2. The molecule has 0 aromatic carbocycles. The molecule has 0 amide bonds. The Kier molecular flexibility index (Phi) is 4.16. The molecule has 1 rings (SSSR count). The third kappa shape index (κ3) is 3.20. The number of hydrogen-bond donors (Lipinski definition) is 1. The van der Waals surface area contributed by atoms with E-state index in [1.807, 2.05) is 18.7 Å². The maximum Gasteiger partial charge on any atom is 0.0747 e. The van der Waals surface area contributed by atoms with Gasteiger partial charge in [-0.1, -0.05) is 12.2 Å². The van der Waals surface area contributed by atoms with Crippen LogP contribution in [0.5, 0.6) is 0 Å². The molecule has 1 heterocycles. The second-order valence-electron chi connectivity index (χ2n) is 3.65. The lowest BCUT2D eigenvalue weighted by Crippen LogP contribution is -2.18. The van der Waals surface area contributed by atoms with Gasteiger partial charge in [-0.15, -0.1) is 0 Å². The summed E-state index contributed by atoms with van der Waals surface area (Å²) in [6, 6.07) is 0. The molecule has 12 heavy (non-hydrogen) atoms. The van der Waals surface area contributed by atoms with Crippen molar-refractivity contribution in [2.75, 3.05) is 11.5 Å². The molecular weight excluding hydrogens is 168 g/mol. The Balaban J connectivity index is 2.24. The summed E-state index contributed by atoms with van der Waals surface area (Å²) in [4.78, 5) is 0. The highest BCUT2D eigenvalue weighted by Gasteiger charge is 2.17. The lowest BCUT2D eigenvalue weighted by Gasteiger charge is -2.23. The van der Waals surface area contributed by atoms with E-state index < -0.39 is 0 Å². The van der Waals surface area contributed by atoms with Crippen molar-refractivity contribution in [2.45, 2.75) is 32.3 Å². The molecule has 0 saturated carbocycles. The summed E-state index contributed by atoms with van der Waals surface area (Å²) < 4.78 is 0. The Bertz CT molecular complexity index is 150. The quantitative estimate of drug-likeness (QED) is 0.683. The van der Waals surface area contributed by atoms with Crippen LogP contribution in [0.1, 0.15) is 26.2 Å². The molecule has 0 bridgehead atoms. The SMILES string of the molecule is C=C(C)C(O)CC1CCSCC1. The van der Waals surface area contributed by atoms with Gasteiger partial charge in [0.2, 0.25) is 0 Å². The molecule has 0 radical (unpaired) electrons. The predicted octanol–water partition coefficient (Wildman–Crippen LogP) is 2.46. The van der Waals surface area contributed by atoms with Crippen LogP contribution in [0.3, 0.4) is 0 Å². The average molecular weight is 186 g/mol. The van der Waals surface area contributed by atoms with Gasteiger partial charge in [-0.05, 0) is 43.6 Å². The zero-order chi connectivity index (χ0) is 8.97. The van der Waals surface area contributed by atoms with E-state index >= 15 is 0 Å². The molecular formula is C10H18OS. The van der Waals surface area contributed by atoms with E-state index in [1.165, 1.54) is 24.3 Å². The van der Waals surface area contributed by atoms with Crippen molar-refractivity contribution in [1.29, 1.82) is 0 Å². The zero-order valence-corrected chi connectivity index (χ0v) is 8.57. The van der Waals surface area contributed by atoms with E-state index in [9.17, 15) is 5.11 Å². The largest absolute Gasteiger partial charge is 0.389 e. The summed E-state index contributed by atoms with van der Waals surface area (Å²) in [5.41, 5.74) is 0.910. The second-order valence-corrected chi connectivity index (χ2v) is 4.88. The van der Waals surface area contributed by atoms with Crippen molar-refractivity contribution in [1.82, 2.24) is 0 Å². The Morgan fingerprint density at radius 2 is 2.17 bits per heavy atom. The van der Waals surface area contributed by atoms with Gasteiger partial charge >= 0.3 is 0 Å². The third-order valence-corrected chi connectivity index (χ3v) is 3.52. The minimum atomic E-state index is -0.266. The molecule has 1 aliphatic heterocycles. The first kappa shape index (κ1) is 10.1. The molecule has 1 aliphatic rings. The summed E-state index contributed by atoms with van der Waals surface area (Å²) in [6.07, 6.45) is 3.21. The number of aliphatic hydroxyl groups excluding tert-OH is 1. The Morgan fingerprint density at radius 3 is 2.67 bits per heavy atom. The van der Waals surface area contributed by atoms with Crippen LogP contribution >= 0.6 is 11.8 Å². The van der Waals surface area contributed by atoms with E-state index in [2.05, 4.69) is 6.58 Å². The van der Waals surface area contributed by atoms with E-state index in [0.717, 1.165) is 17.9 Å². The fraction of sp³-hybridized carbons (Fsp3) is 0.800. The molecule has 1 N–H and O–H groups in total. The van der Waals surface area contributed by atoms with Crippen LogP contribution in [-0.4, -0.2) is 22.7 Å². The van der Waals surface area contributed by atoms with Crippen LogP contribution in [0.25, 0.3) is 0 Å². The monoisotopic (exact) mass is 186 g/mol. The predicted molar refractivity (Wildman–Crippen MR) is 55.5 cm³/mol. The summed E-state index contributed by atoms with van der Waals surface area (Å²) in [6.45, 7) is 5.67. The summed E-state index contributed by atoms with van der Waals surface area (Å²) in [5.74, 6) is 3.28.